The van der Waals surface area contributed by atoms with Gasteiger partial charge in [0.05, 0.1) is 16.9 Å². The fourth-order valence-corrected chi connectivity index (χ4v) is 2.84. The Bertz CT molecular complexity index is 549. The number of nitro groups is 1. The summed E-state index contributed by atoms with van der Waals surface area (Å²) in [7, 11) is 0. The zero-order chi connectivity index (χ0) is 16.8. The topological polar surface area (TPSA) is 147 Å². The molecule has 0 amide bonds. The summed E-state index contributed by atoms with van der Waals surface area (Å²) in [5.74, 6) is 0.647. The summed E-state index contributed by atoms with van der Waals surface area (Å²) in [4.78, 5) is 16.4. The van der Waals surface area contributed by atoms with Gasteiger partial charge in [-0.25, -0.2) is 4.98 Å². The number of anilines is 1. The summed E-state index contributed by atoms with van der Waals surface area (Å²) < 4.78 is 0. The zero-order valence-corrected chi connectivity index (χ0v) is 14.2. The van der Waals surface area contributed by atoms with Crippen LogP contribution >= 0.6 is 12.4 Å². The number of nitrogens with zero attached hydrogens (tertiary/aromatic N) is 3. The quantitative estimate of drug-likeness (QED) is 0.180. The Labute approximate surface area is 146 Å². The number of aromatic nitrogens is 1. The van der Waals surface area contributed by atoms with Crippen molar-refractivity contribution in [3.05, 3.63) is 28.4 Å². The molecule has 1 aliphatic heterocycles. The maximum absolute atomic E-state index is 10.6. The van der Waals surface area contributed by atoms with Crippen LogP contribution in [-0.2, 0) is 0 Å². The van der Waals surface area contributed by atoms with Gasteiger partial charge in [0.2, 0.25) is 0 Å². The van der Waals surface area contributed by atoms with Crippen molar-refractivity contribution in [2.45, 2.75) is 37.9 Å². The van der Waals surface area contributed by atoms with Crippen LogP contribution in [-0.4, -0.2) is 45.9 Å². The lowest BCUT2D eigenvalue weighted by atomic mass is 10.1. The van der Waals surface area contributed by atoms with Gasteiger partial charge in [-0.15, -0.1) is 12.4 Å². The molecule has 2 atom stereocenters. The first-order valence-corrected chi connectivity index (χ1v) is 7.65. The number of nitrogens with two attached hydrogens (primary N) is 2. The summed E-state index contributed by atoms with van der Waals surface area (Å²) in [6.45, 7) is 2.00. The van der Waals surface area contributed by atoms with Gasteiger partial charge in [-0.05, 0) is 38.4 Å². The number of pyridine rings is 1. The number of amidine groups is 1. The predicted molar refractivity (Wildman–Crippen MR) is 95.5 cm³/mol. The molecule has 6 N–H and O–H groups in total. The van der Waals surface area contributed by atoms with Crippen LogP contribution in [0.15, 0.2) is 18.3 Å². The third-order valence-corrected chi connectivity index (χ3v) is 3.93. The normalized spacial score (nSPS) is 16.9. The lowest BCUT2D eigenvalue weighted by Crippen LogP contribution is -2.43. The van der Waals surface area contributed by atoms with Gasteiger partial charge in [-0.2, -0.15) is 0 Å². The van der Waals surface area contributed by atoms with E-state index in [4.69, 9.17) is 16.9 Å². The highest BCUT2D eigenvalue weighted by atomic mass is 35.5. The molecular weight excluding hydrogens is 334 g/mol. The third kappa shape index (κ3) is 5.91. The van der Waals surface area contributed by atoms with Crippen LogP contribution in [0.25, 0.3) is 0 Å². The standard InChI is InChI=1S/C14H23N7O2.ClH/c15-12(16)7-11(20-5-1-2-6-20)8-13(17)19-14-4-3-10(9-18-14)21(22)23;/h3-4,9,11,13H,1-2,5-8,17H2,(H3,15,16)(H,18,19);1H. The zero-order valence-electron chi connectivity index (χ0n) is 13.4. The lowest BCUT2D eigenvalue weighted by molar-refractivity contribution is -0.385. The molecule has 2 heterocycles. The lowest BCUT2D eigenvalue weighted by Gasteiger charge is -2.29. The van der Waals surface area contributed by atoms with Gasteiger partial charge in [0.1, 0.15) is 12.0 Å². The number of nitrogens with one attached hydrogen (secondary N) is 2. The van der Waals surface area contributed by atoms with Crippen molar-refractivity contribution in [3.63, 3.8) is 0 Å². The highest BCUT2D eigenvalue weighted by molar-refractivity contribution is 5.85. The smallest absolute Gasteiger partial charge is 0.287 e. The van der Waals surface area contributed by atoms with Gasteiger partial charge in [-0.1, -0.05) is 0 Å². The molecule has 2 rings (SSSR count). The van der Waals surface area contributed by atoms with Crippen molar-refractivity contribution < 1.29 is 4.92 Å². The van der Waals surface area contributed by atoms with Crippen LogP contribution in [0.1, 0.15) is 25.7 Å². The Morgan fingerprint density at radius 2 is 2.12 bits per heavy atom. The highest BCUT2D eigenvalue weighted by Gasteiger charge is 2.24. The number of hydrogen-bond acceptors (Lipinski definition) is 7. The van der Waals surface area contributed by atoms with E-state index in [2.05, 4.69) is 15.2 Å². The second kappa shape index (κ2) is 9.36. The van der Waals surface area contributed by atoms with Crippen LogP contribution in [0.4, 0.5) is 11.5 Å². The Morgan fingerprint density at radius 1 is 1.46 bits per heavy atom. The van der Waals surface area contributed by atoms with Crippen molar-refractivity contribution >= 4 is 29.7 Å². The monoisotopic (exact) mass is 357 g/mol. The first-order chi connectivity index (χ1) is 11.0. The van der Waals surface area contributed by atoms with Gasteiger partial charge in [0, 0.05) is 18.5 Å². The van der Waals surface area contributed by atoms with Crippen molar-refractivity contribution in [1.29, 1.82) is 5.41 Å². The van der Waals surface area contributed by atoms with E-state index in [-0.39, 0.29) is 36.1 Å². The Hall–Kier alpha value is -1.97. The average molecular weight is 358 g/mol. The van der Waals surface area contributed by atoms with Crippen LogP contribution in [0.2, 0.25) is 0 Å². The maximum Gasteiger partial charge on any atom is 0.287 e. The summed E-state index contributed by atoms with van der Waals surface area (Å²) in [6, 6.07) is 3.04. The predicted octanol–water partition coefficient (Wildman–Crippen LogP) is 1.29. The molecule has 134 valence electrons. The van der Waals surface area contributed by atoms with Crippen LogP contribution in [0, 0.1) is 15.5 Å². The average Bonchev–Trinajstić information content (AvgIpc) is 3.00. The van der Waals surface area contributed by atoms with Gasteiger partial charge in [0.25, 0.3) is 5.69 Å². The van der Waals surface area contributed by atoms with Crippen molar-refractivity contribution in [2.75, 3.05) is 18.4 Å². The second-order valence-corrected chi connectivity index (χ2v) is 5.77. The molecule has 0 spiro atoms. The van der Waals surface area contributed by atoms with Crippen molar-refractivity contribution in [1.82, 2.24) is 9.88 Å². The number of likely N-dealkylation sites (tertiary alicyclic amines) is 1. The molecule has 2 unspecified atom stereocenters. The molecule has 9 nitrogen and oxygen atoms in total. The summed E-state index contributed by atoms with van der Waals surface area (Å²) in [5, 5.41) is 21.2. The molecule has 0 aliphatic carbocycles. The fraction of sp³-hybridized carbons (Fsp3) is 0.571. The molecule has 10 heteroatoms. The van der Waals surface area contributed by atoms with Crippen LogP contribution in [0.5, 0.6) is 0 Å². The maximum atomic E-state index is 10.6. The van der Waals surface area contributed by atoms with Crippen LogP contribution < -0.4 is 16.8 Å². The molecule has 1 aliphatic rings. The van der Waals surface area contributed by atoms with E-state index in [0.29, 0.717) is 18.7 Å². The van der Waals surface area contributed by atoms with E-state index in [1.807, 2.05) is 0 Å². The Morgan fingerprint density at radius 3 is 2.62 bits per heavy atom. The Kier molecular flexibility index (Phi) is 7.83. The van der Waals surface area contributed by atoms with E-state index < -0.39 is 4.92 Å². The minimum absolute atomic E-state index is 0. The summed E-state index contributed by atoms with van der Waals surface area (Å²) >= 11 is 0. The molecule has 1 saturated heterocycles. The minimum atomic E-state index is -0.493. The molecule has 0 aromatic carbocycles. The van der Waals surface area contributed by atoms with Crippen molar-refractivity contribution in [3.8, 4) is 0 Å². The Balaban J connectivity index is 0.00000288. The third-order valence-electron chi connectivity index (χ3n) is 3.93. The summed E-state index contributed by atoms with van der Waals surface area (Å²) in [6.07, 6.45) is 4.25. The summed E-state index contributed by atoms with van der Waals surface area (Å²) in [5.41, 5.74) is 11.6. The minimum Gasteiger partial charge on any atom is -0.388 e. The molecule has 1 aromatic rings. The van der Waals surface area contributed by atoms with E-state index in [9.17, 15) is 10.1 Å². The van der Waals surface area contributed by atoms with E-state index in [0.717, 1.165) is 25.9 Å². The second-order valence-electron chi connectivity index (χ2n) is 5.77. The molecule has 0 saturated carbocycles. The molecule has 0 radical (unpaired) electrons. The number of hydrogen-bond donors (Lipinski definition) is 4. The molecular formula is C14H24ClN7O2. The number of halogens is 1. The van der Waals surface area contributed by atoms with Gasteiger partial charge in [-0.3, -0.25) is 20.4 Å². The van der Waals surface area contributed by atoms with E-state index >= 15 is 0 Å². The van der Waals surface area contributed by atoms with E-state index in [1.54, 1.807) is 0 Å². The molecule has 0 bridgehead atoms. The fourth-order valence-electron chi connectivity index (χ4n) is 2.84. The van der Waals surface area contributed by atoms with E-state index in [1.165, 1.54) is 18.3 Å². The first-order valence-electron chi connectivity index (χ1n) is 7.65. The largest absolute Gasteiger partial charge is 0.388 e. The number of rotatable bonds is 8. The van der Waals surface area contributed by atoms with Gasteiger partial charge in [0.15, 0.2) is 0 Å². The van der Waals surface area contributed by atoms with Crippen molar-refractivity contribution in [2.24, 2.45) is 11.5 Å². The first kappa shape index (κ1) is 20.1. The van der Waals surface area contributed by atoms with Crippen LogP contribution in [0.3, 0.4) is 0 Å². The molecule has 24 heavy (non-hydrogen) atoms. The molecule has 1 fully saturated rings. The SMILES string of the molecule is Cl.N=C(N)CC(CC(N)Nc1ccc([N+](=O)[O-])cn1)N1CCCC1. The highest BCUT2D eigenvalue weighted by Crippen LogP contribution is 2.19. The van der Waals surface area contributed by atoms with Gasteiger partial charge < -0.3 is 16.8 Å². The molecule has 1 aromatic heterocycles. The van der Waals surface area contributed by atoms with Gasteiger partial charge >= 0.3 is 0 Å².